The van der Waals surface area contributed by atoms with E-state index in [0.29, 0.717) is 17.3 Å². The van der Waals surface area contributed by atoms with Gasteiger partial charge in [-0.3, -0.25) is 4.79 Å². The molecule has 114 valence electrons. The summed E-state index contributed by atoms with van der Waals surface area (Å²) in [6.45, 7) is 5.07. The number of rotatable bonds is 6. The second kappa shape index (κ2) is 9.06. The van der Waals surface area contributed by atoms with Crippen molar-refractivity contribution in [2.75, 3.05) is 27.2 Å². The smallest absolute Gasteiger partial charge is 0.263 e. The zero-order chi connectivity index (χ0) is 14.4. The summed E-state index contributed by atoms with van der Waals surface area (Å²) in [5.74, 6) is 0.618. The molecule has 0 aliphatic carbocycles. The van der Waals surface area contributed by atoms with Crippen LogP contribution in [0.1, 0.15) is 12.5 Å². The van der Waals surface area contributed by atoms with Crippen molar-refractivity contribution in [1.82, 2.24) is 10.2 Å². The Hall–Kier alpha value is -0.970. The Morgan fingerprint density at radius 1 is 1.50 bits per heavy atom. The summed E-state index contributed by atoms with van der Waals surface area (Å²) in [6, 6.07) is 5.38. The van der Waals surface area contributed by atoms with Crippen LogP contribution in [0, 0.1) is 6.92 Å². The van der Waals surface area contributed by atoms with Gasteiger partial charge < -0.3 is 15.0 Å². The molecule has 6 heteroatoms. The standard InChI is InChI=1S/C14H21ClN2O2.ClH/c1-10-9-12(5-6-13(10)15)19-11(2)14(18)17(4)8-7-16-3;/h5-6,9,11,16H,7-8H2,1-4H3;1H. The number of nitrogens with zero attached hydrogens (tertiary/aromatic N) is 1. The van der Waals surface area contributed by atoms with Crippen molar-refractivity contribution in [3.05, 3.63) is 28.8 Å². The number of benzene rings is 1. The topological polar surface area (TPSA) is 41.6 Å². The van der Waals surface area contributed by atoms with E-state index < -0.39 is 6.10 Å². The number of halogens is 2. The number of amides is 1. The van der Waals surface area contributed by atoms with Gasteiger partial charge in [0, 0.05) is 25.2 Å². The average molecular weight is 321 g/mol. The van der Waals surface area contributed by atoms with Crippen LogP contribution in [0.3, 0.4) is 0 Å². The Labute approximate surface area is 131 Å². The van der Waals surface area contributed by atoms with Crippen LogP contribution in [0.4, 0.5) is 0 Å². The maximum atomic E-state index is 12.1. The van der Waals surface area contributed by atoms with E-state index in [2.05, 4.69) is 5.32 Å². The molecular weight excluding hydrogens is 299 g/mol. The van der Waals surface area contributed by atoms with Crippen molar-refractivity contribution < 1.29 is 9.53 Å². The van der Waals surface area contributed by atoms with E-state index in [-0.39, 0.29) is 18.3 Å². The van der Waals surface area contributed by atoms with Crippen molar-refractivity contribution in [1.29, 1.82) is 0 Å². The predicted molar refractivity (Wildman–Crippen MR) is 85.1 cm³/mol. The van der Waals surface area contributed by atoms with E-state index in [9.17, 15) is 4.79 Å². The number of carbonyl (C=O) groups excluding carboxylic acids is 1. The highest BCUT2D eigenvalue weighted by atomic mass is 35.5. The summed E-state index contributed by atoms with van der Waals surface area (Å²) in [5, 5.41) is 3.70. The molecule has 0 aliphatic rings. The third-order valence-corrected chi connectivity index (χ3v) is 3.29. The van der Waals surface area contributed by atoms with Crippen molar-refractivity contribution in [3.63, 3.8) is 0 Å². The molecule has 1 N–H and O–H groups in total. The first-order valence-electron chi connectivity index (χ1n) is 6.28. The van der Waals surface area contributed by atoms with Gasteiger partial charge in [-0.05, 0) is 44.7 Å². The molecule has 1 amide bonds. The van der Waals surface area contributed by atoms with Gasteiger partial charge in [-0.25, -0.2) is 0 Å². The molecule has 0 fully saturated rings. The van der Waals surface area contributed by atoms with Crippen molar-refractivity contribution >= 4 is 29.9 Å². The van der Waals surface area contributed by atoms with E-state index in [1.165, 1.54) is 0 Å². The van der Waals surface area contributed by atoms with E-state index >= 15 is 0 Å². The van der Waals surface area contributed by atoms with Crippen LogP contribution in [0.15, 0.2) is 18.2 Å². The van der Waals surface area contributed by atoms with Crippen molar-refractivity contribution in [3.8, 4) is 5.75 Å². The van der Waals surface area contributed by atoms with Gasteiger partial charge in [-0.1, -0.05) is 11.6 Å². The summed E-state index contributed by atoms with van der Waals surface area (Å²) in [6.07, 6.45) is -0.512. The van der Waals surface area contributed by atoms with Gasteiger partial charge in [-0.15, -0.1) is 12.4 Å². The Morgan fingerprint density at radius 3 is 2.70 bits per heavy atom. The number of hydrogen-bond acceptors (Lipinski definition) is 3. The molecule has 1 aromatic rings. The Balaban J connectivity index is 0.00000361. The largest absolute Gasteiger partial charge is 0.481 e. The molecule has 0 heterocycles. The maximum absolute atomic E-state index is 12.1. The van der Waals surface area contributed by atoms with Gasteiger partial charge >= 0.3 is 0 Å². The molecule has 1 aromatic carbocycles. The molecule has 0 bridgehead atoms. The van der Waals surface area contributed by atoms with Crippen LogP contribution in [0.25, 0.3) is 0 Å². The number of carbonyl (C=O) groups is 1. The molecule has 4 nitrogen and oxygen atoms in total. The predicted octanol–water partition coefficient (Wildman–Crippen LogP) is 2.52. The quantitative estimate of drug-likeness (QED) is 0.875. The normalized spacial score (nSPS) is 11.4. The molecule has 1 rings (SSSR count). The van der Waals surface area contributed by atoms with Gasteiger partial charge in [0.2, 0.25) is 0 Å². The van der Waals surface area contributed by atoms with Crippen LogP contribution in [0.5, 0.6) is 5.75 Å². The monoisotopic (exact) mass is 320 g/mol. The van der Waals surface area contributed by atoms with E-state index in [4.69, 9.17) is 16.3 Å². The third kappa shape index (κ3) is 5.57. The molecule has 0 saturated carbocycles. The number of hydrogen-bond donors (Lipinski definition) is 1. The second-order valence-corrected chi connectivity index (χ2v) is 4.94. The zero-order valence-corrected chi connectivity index (χ0v) is 13.8. The number of likely N-dealkylation sites (N-methyl/N-ethyl adjacent to an activating group) is 2. The fraction of sp³-hybridized carbons (Fsp3) is 0.500. The first kappa shape index (κ1) is 19.0. The molecule has 0 radical (unpaired) electrons. The summed E-state index contributed by atoms with van der Waals surface area (Å²) < 4.78 is 5.64. The highest BCUT2D eigenvalue weighted by Crippen LogP contribution is 2.22. The lowest BCUT2D eigenvalue weighted by Crippen LogP contribution is -2.40. The fourth-order valence-electron chi connectivity index (χ4n) is 1.65. The molecule has 0 spiro atoms. The van der Waals surface area contributed by atoms with E-state index in [1.807, 2.05) is 20.0 Å². The molecule has 0 aliphatic heterocycles. The lowest BCUT2D eigenvalue weighted by molar-refractivity contribution is -0.136. The molecule has 20 heavy (non-hydrogen) atoms. The van der Waals surface area contributed by atoms with Crippen LogP contribution in [0.2, 0.25) is 5.02 Å². The Bertz CT molecular complexity index is 441. The van der Waals surface area contributed by atoms with E-state index in [1.54, 1.807) is 31.0 Å². The van der Waals surface area contributed by atoms with Gasteiger partial charge in [-0.2, -0.15) is 0 Å². The van der Waals surface area contributed by atoms with Crippen LogP contribution < -0.4 is 10.1 Å². The van der Waals surface area contributed by atoms with Gasteiger partial charge in [0.25, 0.3) is 5.91 Å². The van der Waals surface area contributed by atoms with Crippen LogP contribution in [-0.4, -0.2) is 44.1 Å². The number of aryl methyl sites for hydroxylation is 1. The Kier molecular flexibility index (Phi) is 8.62. The van der Waals surface area contributed by atoms with Crippen LogP contribution >= 0.6 is 24.0 Å². The lowest BCUT2D eigenvalue weighted by atomic mass is 10.2. The SMILES string of the molecule is CNCCN(C)C(=O)C(C)Oc1ccc(Cl)c(C)c1.Cl. The zero-order valence-electron chi connectivity index (χ0n) is 12.3. The third-order valence-electron chi connectivity index (χ3n) is 2.86. The van der Waals surface area contributed by atoms with Crippen LogP contribution in [-0.2, 0) is 4.79 Å². The Morgan fingerprint density at radius 2 is 2.15 bits per heavy atom. The summed E-state index contributed by atoms with van der Waals surface area (Å²) in [5.41, 5.74) is 0.933. The van der Waals surface area contributed by atoms with Gasteiger partial charge in [0.05, 0.1) is 0 Å². The number of nitrogens with one attached hydrogen (secondary N) is 1. The molecular formula is C14H22Cl2N2O2. The first-order chi connectivity index (χ1) is 8.95. The summed E-state index contributed by atoms with van der Waals surface area (Å²) in [7, 11) is 3.63. The highest BCUT2D eigenvalue weighted by molar-refractivity contribution is 6.31. The molecule has 1 atom stereocenters. The van der Waals surface area contributed by atoms with Crippen molar-refractivity contribution in [2.45, 2.75) is 20.0 Å². The van der Waals surface area contributed by atoms with E-state index in [0.717, 1.165) is 12.1 Å². The minimum atomic E-state index is -0.512. The maximum Gasteiger partial charge on any atom is 0.263 e. The molecule has 0 aromatic heterocycles. The summed E-state index contributed by atoms with van der Waals surface area (Å²) >= 11 is 5.95. The highest BCUT2D eigenvalue weighted by Gasteiger charge is 2.18. The number of ether oxygens (including phenoxy) is 1. The van der Waals surface area contributed by atoms with Gasteiger partial charge in [0.1, 0.15) is 5.75 Å². The lowest BCUT2D eigenvalue weighted by Gasteiger charge is -2.22. The van der Waals surface area contributed by atoms with Gasteiger partial charge in [0.15, 0.2) is 6.10 Å². The average Bonchev–Trinajstić information content (AvgIpc) is 2.39. The minimum absolute atomic E-state index is 0. The summed E-state index contributed by atoms with van der Waals surface area (Å²) in [4.78, 5) is 13.7. The second-order valence-electron chi connectivity index (χ2n) is 4.53. The first-order valence-corrected chi connectivity index (χ1v) is 6.66. The van der Waals surface area contributed by atoms with Crippen molar-refractivity contribution in [2.24, 2.45) is 0 Å². The minimum Gasteiger partial charge on any atom is -0.481 e. The molecule has 1 unspecified atom stereocenters. The fourth-order valence-corrected chi connectivity index (χ4v) is 1.76. The molecule has 0 saturated heterocycles.